The van der Waals surface area contributed by atoms with Gasteiger partial charge in [0.05, 0.1) is 18.8 Å². The van der Waals surface area contributed by atoms with Crippen LogP contribution in [0.4, 0.5) is 5.82 Å². The first-order valence-corrected chi connectivity index (χ1v) is 5.18. The number of hydrogen-bond acceptors (Lipinski definition) is 5. The van der Waals surface area contributed by atoms with Gasteiger partial charge in [0, 0.05) is 12.2 Å². The van der Waals surface area contributed by atoms with Crippen LogP contribution >= 0.6 is 0 Å². The highest BCUT2D eigenvalue weighted by atomic mass is 16.5. The van der Waals surface area contributed by atoms with Crippen molar-refractivity contribution in [3.05, 3.63) is 23.9 Å². The van der Waals surface area contributed by atoms with Gasteiger partial charge >= 0.3 is 5.97 Å². The third-order valence-electron chi connectivity index (χ3n) is 1.94. The van der Waals surface area contributed by atoms with Crippen molar-refractivity contribution in [2.75, 3.05) is 18.5 Å². The lowest BCUT2D eigenvalue weighted by atomic mass is 10.3. The summed E-state index contributed by atoms with van der Waals surface area (Å²) >= 11 is 0. The largest absolute Gasteiger partial charge is 0.462 e. The number of aliphatic hydroxyl groups is 1. The van der Waals surface area contributed by atoms with Gasteiger partial charge in [0.25, 0.3) is 0 Å². The molecule has 1 rings (SSSR count). The van der Waals surface area contributed by atoms with E-state index < -0.39 is 0 Å². The highest BCUT2D eigenvalue weighted by Crippen LogP contribution is 2.07. The number of aliphatic hydroxyl groups excluding tert-OH is 1. The normalized spacial score (nSPS) is 11.9. The second-order valence-electron chi connectivity index (χ2n) is 3.38. The van der Waals surface area contributed by atoms with Gasteiger partial charge in [-0.2, -0.15) is 0 Å². The predicted molar refractivity (Wildman–Crippen MR) is 60.4 cm³/mol. The minimum Gasteiger partial charge on any atom is -0.462 e. The molecule has 1 aromatic heterocycles. The van der Waals surface area contributed by atoms with E-state index in [1.54, 1.807) is 19.1 Å². The molecular weight excluding hydrogens is 208 g/mol. The Hall–Kier alpha value is -1.62. The van der Waals surface area contributed by atoms with Gasteiger partial charge in [-0.05, 0) is 26.0 Å². The zero-order chi connectivity index (χ0) is 12.0. The van der Waals surface area contributed by atoms with E-state index in [2.05, 4.69) is 10.3 Å². The zero-order valence-electron chi connectivity index (χ0n) is 9.43. The number of esters is 1. The Morgan fingerprint density at radius 3 is 2.88 bits per heavy atom. The molecule has 1 heterocycles. The van der Waals surface area contributed by atoms with E-state index in [1.807, 2.05) is 6.92 Å². The van der Waals surface area contributed by atoms with Crippen molar-refractivity contribution in [1.29, 1.82) is 0 Å². The first kappa shape index (κ1) is 12.4. The molecule has 0 aromatic carbocycles. The lowest BCUT2D eigenvalue weighted by Gasteiger charge is -2.11. The lowest BCUT2D eigenvalue weighted by molar-refractivity contribution is 0.0526. The molecule has 0 radical (unpaired) electrons. The molecule has 88 valence electrons. The third-order valence-corrected chi connectivity index (χ3v) is 1.94. The van der Waals surface area contributed by atoms with Crippen LogP contribution < -0.4 is 5.32 Å². The fourth-order valence-electron chi connectivity index (χ4n) is 1.11. The van der Waals surface area contributed by atoms with Crippen LogP contribution in [0.2, 0.25) is 0 Å². The van der Waals surface area contributed by atoms with Crippen LogP contribution in [0, 0.1) is 0 Å². The van der Waals surface area contributed by atoms with E-state index in [-0.39, 0.29) is 18.6 Å². The van der Waals surface area contributed by atoms with Gasteiger partial charge in [-0.3, -0.25) is 0 Å². The number of ether oxygens (including phenoxy) is 1. The Labute approximate surface area is 94.5 Å². The van der Waals surface area contributed by atoms with Crippen molar-refractivity contribution in [2.45, 2.75) is 19.9 Å². The average Bonchev–Trinajstić information content (AvgIpc) is 2.30. The Bertz CT molecular complexity index is 338. The Kier molecular flexibility index (Phi) is 4.72. The van der Waals surface area contributed by atoms with Gasteiger partial charge in [0.2, 0.25) is 0 Å². The molecular formula is C11H16N2O3. The highest BCUT2D eigenvalue weighted by Gasteiger charge is 2.07. The minimum atomic E-state index is -0.378. The van der Waals surface area contributed by atoms with Crippen molar-refractivity contribution in [3.8, 4) is 0 Å². The zero-order valence-corrected chi connectivity index (χ0v) is 9.43. The molecule has 0 aliphatic heterocycles. The van der Waals surface area contributed by atoms with E-state index in [9.17, 15) is 4.79 Å². The molecule has 16 heavy (non-hydrogen) atoms. The summed E-state index contributed by atoms with van der Waals surface area (Å²) in [7, 11) is 0. The number of nitrogens with zero attached hydrogens (tertiary/aromatic N) is 1. The van der Waals surface area contributed by atoms with Crippen molar-refractivity contribution >= 4 is 11.8 Å². The number of carbonyl (C=O) groups is 1. The molecule has 5 nitrogen and oxygen atoms in total. The topological polar surface area (TPSA) is 71.5 Å². The second kappa shape index (κ2) is 6.07. The molecule has 0 bridgehead atoms. The van der Waals surface area contributed by atoms with Gasteiger partial charge < -0.3 is 15.2 Å². The molecule has 1 atom stereocenters. The lowest BCUT2D eigenvalue weighted by Crippen LogP contribution is -2.20. The van der Waals surface area contributed by atoms with Crippen molar-refractivity contribution in [1.82, 2.24) is 4.98 Å². The summed E-state index contributed by atoms with van der Waals surface area (Å²) in [6.45, 7) is 3.97. The van der Waals surface area contributed by atoms with E-state index >= 15 is 0 Å². The SMILES string of the molecule is CCOC(=O)c1ccc(NC(C)CO)nc1. The number of anilines is 1. The molecule has 0 saturated carbocycles. The molecule has 1 unspecified atom stereocenters. The maximum Gasteiger partial charge on any atom is 0.339 e. The summed E-state index contributed by atoms with van der Waals surface area (Å²) in [5.41, 5.74) is 0.420. The number of hydrogen-bond donors (Lipinski definition) is 2. The first-order valence-electron chi connectivity index (χ1n) is 5.18. The Morgan fingerprint density at radius 2 is 2.38 bits per heavy atom. The van der Waals surface area contributed by atoms with E-state index in [0.717, 1.165) is 0 Å². The van der Waals surface area contributed by atoms with Crippen LogP contribution in [0.15, 0.2) is 18.3 Å². The standard InChI is InChI=1S/C11H16N2O3/c1-3-16-11(15)9-4-5-10(12-6-9)13-8(2)7-14/h4-6,8,14H,3,7H2,1-2H3,(H,12,13). The van der Waals surface area contributed by atoms with Gasteiger partial charge in [-0.15, -0.1) is 0 Å². The molecule has 0 amide bonds. The number of carbonyl (C=O) groups excluding carboxylic acids is 1. The molecule has 0 fully saturated rings. The van der Waals surface area contributed by atoms with E-state index in [0.29, 0.717) is 18.0 Å². The summed E-state index contributed by atoms with van der Waals surface area (Å²) in [5, 5.41) is 11.8. The molecule has 0 saturated heterocycles. The molecule has 0 aliphatic rings. The van der Waals surface area contributed by atoms with Crippen LogP contribution in [0.3, 0.4) is 0 Å². The van der Waals surface area contributed by atoms with Gasteiger partial charge in [0.1, 0.15) is 5.82 Å². The minimum absolute atomic E-state index is 0.0291. The quantitative estimate of drug-likeness (QED) is 0.731. The molecule has 5 heteroatoms. The van der Waals surface area contributed by atoms with Crippen LogP contribution in [0.5, 0.6) is 0 Å². The molecule has 2 N–H and O–H groups in total. The summed E-state index contributed by atoms with van der Waals surface area (Å²) in [6, 6.07) is 3.25. The number of rotatable bonds is 5. The van der Waals surface area contributed by atoms with Gasteiger partial charge in [-0.1, -0.05) is 0 Å². The van der Waals surface area contributed by atoms with Crippen LogP contribution in [0.25, 0.3) is 0 Å². The van der Waals surface area contributed by atoms with Crippen molar-refractivity contribution in [2.24, 2.45) is 0 Å². The van der Waals surface area contributed by atoms with Crippen LogP contribution in [-0.2, 0) is 4.74 Å². The maximum atomic E-state index is 11.3. The maximum absolute atomic E-state index is 11.3. The first-order chi connectivity index (χ1) is 7.67. The van der Waals surface area contributed by atoms with Crippen LogP contribution in [-0.4, -0.2) is 35.3 Å². The Balaban J connectivity index is 2.64. The fourth-order valence-corrected chi connectivity index (χ4v) is 1.11. The fraction of sp³-hybridized carbons (Fsp3) is 0.455. The second-order valence-corrected chi connectivity index (χ2v) is 3.38. The summed E-state index contributed by atoms with van der Waals surface area (Å²) in [5.74, 6) is 0.242. The molecule has 1 aromatic rings. The smallest absolute Gasteiger partial charge is 0.339 e. The van der Waals surface area contributed by atoms with Gasteiger partial charge in [-0.25, -0.2) is 9.78 Å². The van der Waals surface area contributed by atoms with E-state index in [4.69, 9.17) is 9.84 Å². The third kappa shape index (κ3) is 3.51. The number of pyridine rings is 1. The monoisotopic (exact) mass is 224 g/mol. The van der Waals surface area contributed by atoms with Crippen LogP contribution in [0.1, 0.15) is 24.2 Å². The summed E-state index contributed by atoms with van der Waals surface area (Å²) < 4.78 is 4.83. The highest BCUT2D eigenvalue weighted by molar-refractivity contribution is 5.89. The van der Waals surface area contributed by atoms with Crippen molar-refractivity contribution in [3.63, 3.8) is 0 Å². The number of aromatic nitrogens is 1. The summed E-state index contributed by atoms with van der Waals surface area (Å²) in [6.07, 6.45) is 1.45. The van der Waals surface area contributed by atoms with Gasteiger partial charge in [0.15, 0.2) is 0 Å². The summed E-state index contributed by atoms with van der Waals surface area (Å²) in [4.78, 5) is 15.4. The number of nitrogens with one attached hydrogen (secondary N) is 1. The average molecular weight is 224 g/mol. The molecule has 0 aliphatic carbocycles. The van der Waals surface area contributed by atoms with E-state index in [1.165, 1.54) is 6.20 Å². The van der Waals surface area contributed by atoms with Crippen molar-refractivity contribution < 1.29 is 14.6 Å². The Morgan fingerprint density at radius 1 is 1.62 bits per heavy atom. The predicted octanol–water partition coefficient (Wildman–Crippen LogP) is 1.05. The molecule has 0 spiro atoms.